The first-order valence-corrected chi connectivity index (χ1v) is 9.02. The summed E-state index contributed by atoms with van der Waals surface area (Å²) >= 11 is 0. The van der Waals surface area contributed by atoms with Crippen LogP contribution in [0.5, 0.6) is 0 Å². The van der Waals surface area contributed by atoms with E-state index in [9.17, 15) is 21.6 Å². The number of hydrogen-bond donors (Lipinski definition) is 1. The van der Waals surface area contributed by atoms with E-state index in [-0.39, 0.29) is 25.5 Å². The second-order valence-corrected chi connectivity index (χ2v) is 7.64. The molecule has 1 aromatic carbocycles. The molecule has 1 aliphatic rings. The van der Waals surface area contributed by atoms with Gasteiger partial charge < -0.3 is 5.32 Å². The normalized spacial score (nSPS) is 17.5. The molecule has 0 atom stereocenters. The first-order chi connectivity index (χ1) is 10.8. The minimum Gasteiger partial charge on any atom is -0.320 e. The number of benzene rings is 1. The zero-order chi connectivity index (χ0) is 17.1. The van der Waals surface area contributed by atoms with E-state index in [2.05, 4.69) is 5.32 Å². The third-order valence-corrected chi connectivity index (χ3v) is 6.14. The van der Waals surface area contributed by atoms with Crippen molar-refractivity contribution < 1.29 is 21.6 Å². The lowest BCUT2D eigenvalue weighted by molar-refractivity contribution is -0.139. The Morgan fingerprint density at radius 1 is 1.21 bits per heavy atom. The van der Waals surface area contributed by atoms with Crippen LogP contribution in [0.2, 0.25) is 0 Å². The molecule has 1 N–H and O–H groups in total. The Hall–Kier alpha value is -0.830. The predicted octanol–water partition coefficient (Wildman–Crippen LogP) is 3.14. The number of nitrogens with zero attached hydrogens (tertiary/aromatic N) is 1. The predicted molar refractivity (Wildman–Crippen MR) is 88.7 cm³/mol. The van der Waals surface area contributed by atoms with E-state index in [1.807, 2.05) is 7.05 Å². The van der Waals surface area contributed by atoms with E-state index in [1.54, 1.807) is 0 Å². The van der Waals surface area contributed by atoms with E-state index in [4.69, 9.17) is 0 Å². The standard InChI is InChI=1S/C15H21F3N2O2S.ClH/c1-19-9-6-12-7-10-20(11-8-12)23(21,22)14-5-3-2-4-13(14)15(16,17)18;/h2-5,12,19H,6-11H2,1H3;1H. The Bertz CT molecular complexity index is 630. The van der Waals surface area contributed by atoms with Crippen molar-refractivity contribution in [3.8, 4) is 0 Å². The third kappa shape index (κ3) is 4.84. The van der Waals surface area contributed by atoms with Crippen molar-refractivity contribution in [2.45, 2.75) is 30.3 Å². The maximum absolute atomic E-state index is 13.1. The van der Waals surface area contributed by atoms with Crippen LogP contribution in [0.1, 0.15) is 24.8 Å². The van der Waals surface area contributed by atoms with Crippen LogP contribution in [-0.2, 0) is 16.2 Å². The molecular formula is C15H22ClF3N2O2S. The van der Waals surface area contributed by atoms with Gasteiger partial charge in [0.15, 0.2) is 0 Å². The lowest BCUT2D eigenvalue weighted by atomic mass is 9.95. The number of piperidine rings is 1. The van der Waals surface area contributed by atoms with Gasteiger partial charge in [-0.05, 0) is 50.9 Å². The van der Waals surface area contributed by atoms with Crippen LogP contribution >= 0.6 is 12.4 Å². The second-order valence-electron chi connectivity index (χ2n) is 5.73. The van der Waals surface area contributed by atoms with Gasteiger partial charge in [0.1, 0.15) is 0 Å². The topological polar surface area (TPSA) is 49.4 Å². The molecule has 0 aromatic heterocycles. The first kappa shape index (κ1) is 21.2. The van der Waals surface area contributed by atoms with Gasteiger partial charge in [-0.2, -0.15) is 17.5 Å². The summed E-state index contributed by atoms with van der Waals surface area (Å²) < 4.78 is 65.5. The van der Waals surface area contributed by atoms with E-state index >= 15 is 0 Å². The maximum Gasteiger partial charge on any atom is 0.417 e. The average Bonchev–Trinajstić information content (AvgIpc) is 2.52. The number of sulfonamides is 1. The maximum atomic E-state index is 13.1. The summed E-state index contributed by atoms with van der Waals surface area (Å²) in [5.74, 6) is 0.409. The van der Waals surface area contributed by atoms with Crippen molar-refractivity contribution in [3.05, 3.63) is 29.8 Å². The molecule has 0 radical (unpaired) electrons. The van der Waals surface area contributed by atoms with Crippen LogP contribution in [-0.4, -0.2) is 39.4 Å². The van der Waals surface area contributed by atoms with E-state index < -0.39 is 26.7 Å². The number of hydrogen-bond acceptors (Lipinski definition) is 3. The van der Waals surface area contributed by atoms with Crippen LogP contribution in [0.3, 0.4) is 0 Å². The molecule has 1 saturated heterocycles. The molecule has 1 heterocycles. The fourth-order valence-corrected chi connectivity index (χ4v) is 4.53. The van der Waals surface area contributed by atoms with Gasteiger partial charge >= 0.3 is 6.18 Å². The second kappa shape index (κ2) is 8.51. The number of nitrogens with one attached hydrogen (secondary N) is 1. The zero-order valence-corrected chi connectivity index (χ0v) is 15.0. The molecule has 1 fully saturated rings. The van der Waals surface area contributed by atoms with Crippen molar-refractivity contribution in [3.63, 3.8) is 0 Å². The Morgan fingerprint density at radius 3 is 2.33 bits per heavy atom. The molecule has 0 bridgehead atoms. The number of alkyl halides is 3. The van der Waals surface area contributed by atoms with Gasteiger partial charge in [-0.3, -0.25) is 0 Å². The number of rotatable bonds is 5. The molecule has 0 spiro atoms. The summed E-state index contributed by atoms with van der Waals surface area (Å²) in [4.78, 5) is -0.652. The molecule has 0 unspecified atom stereocenters. The molecule has 2 rings (SSSR count). The summed E-state index contributed by atoms with van der Waals surface area (Å²) in [5, 5.41) is 3.05. The summed E-state index contributed by atoms with van der Waals surface area (Å²) in [6, 6.07) is 4.37. The molecule has 9 heteroatoms. The lowest BCUT2D eigenvalue weighted by Crippen LogP contribution is -2.39. The highest BCUT2D eigenvalue weighted by atomic mass is 35.5. The van der Waals surface area contributed by atoms with Crippen molar-refractivity contribution >= 4 is 22.4 Å². The highest BCUT2D eigenvalue weighted by molar-refractivity contribution is 7.89. The quantitative estimate of drug-likeness (QED) is 0.845. The Balaban J connectivity index is 0.00000288. The first-order valence-electron chi connectivity index (χ1n) is 7.58. The van der Waals surface area contributed by atoms with Gasteiger partial charge in [0, 0.05) is 13.1 Å². The average molecular weight is 387 g/mol. The highest BCUT2D eigenvalue weighted by Crippen LogP contribution is 2.36. The van der Waals surface area contributed by atoms with E-state index in [1.165, 1.54) is 16.4 Å². The summed E-state index contributed by atoms with van der Waals surface area (Å²) in [6.07, 6.45) is -2.39. The largest absolute Gasteiger partial charge is 0.417 e. The monoisotopic (exact) mass is 386 g/mol. The van der Waals surface area contributed by atoms with E-state index in [0.717, 1.165) is 25.1 Å². The molecule has 0 saturated carbocycles. The van der Waals surface area contributed by atoms with E-state index in [0.29, 0.717) is 18.8 Å². The zero-order valence-electron chi connectivity index (χ0n) is 13.3. The van der Waals surface area contributed by atoms with Crippen molar-refractivity contribution in [1.29, 1.82) is 0 Å². The van der Waals surface area contributed by atoms with Crippen molar-refractivity contribution in [2.75, 3.05) is 26.7 Å². The van der Waals surface area contributed by atoms with Crippen LogP contribution in [0.25, 0.3) is 0 Å². The molecule has 1 aromatic rings. The Labute approximate surface area is 146 Å². The fraction of sp³-hybridized carbons (Fsp3) is 0.600. The highest BCUT2D eigenvalue weighted by Gasteiger charge is 2.39. The van der Waals surface area contributed by atoms with Crippen LogP contribution in [0.4, 0.5) is 13.2 Å². The number of halogens is 4. The fourth-order valence-electron chi connectivity index (χ4n) is 2.85. The lowest BCUT2D eigenvalue weighted by Gasteiger charge is -2.31. The smallest absolute Gasteiger partial charge is 0.320 e. The van der Waals surface area contributed by atoms with Gasteiger partial charge in [0.2, 0.25) is 10.0 Å². The summed E-state index contributed by atoms with van der Waals surface area (Å²) in [6.45, 7) is 1.39. The van der Waals surface area contributed by atoms with Gasteiger partial charge in [-0.1, -0.05) is 12.1 Å². The molecule has 138 valence electrons. The molecular weight excluding hydrogens is 365 g/mol. The molecule has 24 heavy (non-hydrogen) atoms. The van der Waals surface area contributed by atoms with Crippen LogP contribution in [0.15, 0.2) is 29.2 Å². The van der Waals surface area contributed by atoms with Crippen LogP contribution < -0.4 is 5.32 Å². The van der Waals surface area contributed by atoms with Gasteiger partial charge in [0.25, 0.3) is 0 Å². The molecule has 0 aliphatic carbocycles. The van der Waals surface area contributed by atoms with Crippen LogP contribution in [0, 0.1) is 5.92 Å². The van der Waals surface area contributed by atoms with Gasteiger partial charge in [0.05, 0.1) is 10.5 Å². The minimum absolute atomic E-state index is 0. The summed E-state index contributed by atoms with van der Waals surface area (Å²) in [7, 11) is -2.27. The molecule has 4 nitrogen and oxygen atoms in total. The molecule has 0 amide bonds. The van der Waals surface area contributed by atoms with Gasteiger partial charge in [-0.25, -0.2) is 8.42 Å². The Morgan fingerprint density at radius 2 is 1.79 bits per heavy atom. The molecule has 1 aliphatic heterocycles. The van der Waals surface area contributed by atoms with Crippen molar-refractivity contribution in [2.24, 2.45) is 5.92 Å². The Kier molecular flexibility index (Phi) is 7.52. The minimum atomic E-state index is -4.69. The van der Waals surface area contributed by atoms with Crippen molar-refractivity contribution in [1.82, 2.24) is 9.62 Å². The van der Waals surface area contributed by atoms with Gasteiger partial charge in [-0.15, -0.1) is 12.4 Å². The SMILES string of the molecule is CNCCC1CCN(S(=O)(=O)c2ccccc2C(F)(F)F)CC1.Cl. The summed E-state index contributed by atoms with van der Waals surface area (Å²) in [5.41, 5.74) is -1.10. The third-order valence-electron chi connectivity index (χ3n) is 4.19.